The highest BCUT2D eigenvalue weighted by molar-refractivity contribution is 7.80. The van der Waals surface area contributed by atoms with Crippen molar-refractivity contribution in [2.45, 2.75) is 26.4 Å². The average Bonchev–Trinajstić information content (AvgIpc) is 2.32. The Labute approximate surface area is 114 Å². The van der Waals surface area contributed by atoms with Gasteiger partial charge < -0.3 is 15.7 Å². The van der Waals surface area contributed by atoms with E-state index in [2.05, 4.69) is 24.8 Å². The number of nitrogens with two attached hydrogens (primary N) is 1. The van der Waals surface area contributed by atoms with Crippen molar-refractivity contribution in [3.05, 3.63) is 29.3 Å². The van der Waals surface area contributed by atoms with E-state index < -0.39 is 0 Å². The molecule has 1 fully saturated rings. The molecule has 1 aliphatic rings. The maximum atomic E-state index is 9.81. The number of thiocarbonyl (C=S) groups is 1. The molecule has 0 saturated carbocycles. The number of aliphatic hydroxyl groups is 1. The summed E-state index contributed by atoms with van der Waals surface area (Å²) >= 11 is 5.13. The highest BCUT2D eigenvalue weighted by Crippen LogP contribution is 2.29. The third kappa shape index (κ3) is 2.49. The Kier molecular flexibility index (Phi) is 3.88. The van der Waals surface area contributed by atoms with Crippen LogP contribution in [0.5, 0.6) is 0 Å². The SMILES string of the molecule is Cc1cccc(C(N)=S)c1N1CCC(O)C(C)C1. The zero-order chi connectivity index (χ0) is 13.3. The standard InChI is InChI=1S/C14H20N2OS/c1-9-4-3-5-11(14(15)18)13(9)16-7-6-12(17)10(2)8-16/h3-5,10,12,17H,6-8H2,1-2H3,(H2,15,18). The predicted molar refractivity (Wildman–Crippen MR) is 79.1 cm³/mol. The van der Waals surface area contributed by atoms with Crippen LogP contribution in [0.3, 0.4) is 0 Å². The molecule has 3 N–H and O–H groups in total. The van der Waals surface area contributed by atoms with E-state index in [0.29, 0.717) is 4.99 Å². The van der Waals surface area contributed by atoms with Crippen molar-refractivity contribution in [1.29, 1.82) is 0 Å². The van der Waals surface area contributed by atoms with E-state index in [1.807, 2.05) is 12.1 Å². The summed E-state index contributed by atoms with van der Waals surface area (Å²) in [5.41, 5.74) is 9.06. The summed E-state index contributed by atoms with van der Waals surface area (Å²) in [6.45, 7) is 5.86. The zero-order valence-electron chi connectivity index (χ0n) is 10.9. The summed E-state index contributed by atoms with van der Waals surface area (Å²) in [5, 5.41) is 9.81. The molecule has 3 nitrogen and oxygen atoms in total. The lowest BCUT2D eigenvalue weighted by Gasteiger charge is -2.37. The van der Waals surface area contributed by atoms with Crippen molar-refractivity contribution in [3.8, 4) is 0 Å². The first-order chi connectivity index (χ1) is 8.50. The van der Waals surface area contributed by atoms with Crippen molar-refractivity contribution in [2.24, 2.45) is 11.7 Å². The molecule has 0 spiro atoms. The summed E-state index contributed by atoms with van der Waals surface area (Å²) in [7, 11) is 0. The first kappa shape index (κ1) is 13.3. The monoisotopic (exact) mass is 264 g/mol. The third-order valence-corrected chi connectivity index (χ3v) is 3.90. The number of para-hydroxylation sites is 1. The highest BCUT2D eigenvalue weighted by Gasteiger charge is 2.26. The fraction of sp³-hybridized carbons (Fsp3) is 0.500. The number of benzene rings is 1. The molecular formula is C14H20N2OS. The fourth-order valence-corrected chi connectivity index (χ4v) is 2.78. The second-order valence-electron chi connectivity index (χ2n) is 5.11. The second kappa shape index (κ2) is 5.24. The Bertz CT molecular complexity index is 461. The number of aryl methyl sites for hydroxylation is 1. The quantitative estimate of drug-likeness (QED) is 0.800. The van der Waals surface area contributed by atoms with Crippen LogP contribution in [0.25, 0.3) is 0 Å². The number of hydrogen-bond acceptors (Lipinski definition) is 3. The first-order valence-corrected chi connectivity index (χ1v) is 6.74. The van der Waals surface area contributed by atoms with E-state index >= 15 is 0 Å². The van der Waals surface area contributed by atoms with Crippen LogP contribution in [-0.2, 0) is 0 Å². The molecule has 1 aliphatic heterocycles. The Hall–Kier alpha value is -1.13. The van der Waals surface area contributed by atoms with Crippen LogP contribution in [0.1, 0.15) is 24.5 Å². The van der Waals surface area contributed by atoms with E-state index in [0.717, 1.165) is 30.8 Å². The topological polar surface area (TPSA) is 49.5 Å². The smallest absolute Gasteiger partial charge is 0.106 e. The van der Waals surface area contributed by atoms with Crippen molar-refractivity contribution in [1.82, 2.24) is 0 Å². The molecule has 0 amide bonds. The molecule has 18 heavy (non-hydrogen) atoms. The molecule has 2 rings (SSSR count). The largest absolute Gasteiger partial charge is 0.393 e. The van der Waals surface area contributed by atoms with Gasteiger partial charge in [0.2, 0.25) is 0 Å². The van der Waals surface area contributed by atoms with Gasteiger partial charge in [0.25, 0.3) is 0 Å². The number of piperidine rings is 1. The maximum Gasteiger partial charge on any atom is 0.106 e. The van der Waals surface area contributed by atoms with Gasteiger partial charge in [-0.3, -0.25) is 0 Å². The fourth-order valence-electron chi connectivity index (χ4n) is 2.61. The first-order valence-electron chi connectivity index (χ1n) is 6.33. The summed E-state index contributed by atoms with van der Waals surface area (Å²) in [6.07, 6.45) is 0.602. The molecule has 0 aromatic heterocycles. The Morgan fingerprint density at radius 3 is 2.83 bits per heavy atom. The van der Waals surface area contributed by atoms with E-state index in [9.17, 15) is 5.11 Å². The predicted octanol–water partition coefficient (Wildman–Crippen LogP) is 1.84. The maximum absolute atomic E-state index is 9.81. The van der Waals surface area contributed by atoms with Gasteiger partial charge in [-0.2, -0.15) is 0 Å². The minimum Gasteiger partial charge on any atom is -0.393 e. The second-order valence-corrected chi connectivity index (χ2v) is 5.55. The van der Waals surface area contributed by atoms with E-state index in [1.165, 1.54) is 5.56 Å². The van der Waals surface area contributed by atoms with Crippen molar-refractivity contribution >= 4 is 22.9 Å². The molecule has 1 heterocycles. The molecule has 0 aliphatic carbocycles. The highest BCUT2D eigenvalue weighted by atomic mass is 32.1. The van der Waals surface area contributed by atoms with E-state index in [-0.39, 0.29) is 12.0 Å². The molecular weight excluding hydrogens is 244 g/mol. The van der Waals surface area contributed by atoms with Crippen LogP contribution in [0.2, 0.25) is 0 Å². The average molecular weight is 264 g/mol. The van der Waals surface area contributed by atoms with Crippen LogP contribution in [-0.4, -0.2) is 29.3 Å². The van der Waals surface area contributed by atoms with Gasteiger partial charge in [-0.15, -0.1) is 0 Å². The van der Waals surface area contributed by atoms with Gasteiger partial charge in [-0.05, 0) is 30.9 Å². The molecule has 1 aromatic rings. The molecule has 1 aromatic carbocycles. The van der Waals surface area contributed by atoms with Gasteiger partial charge in [0, 0.05) is 24.3 Å². The number of nitrogens with zero attached hydrogens (tertiary/aromatic N) is 1. The Morgan fingerprint density at radius 2 is 2.22 bits per heavy atom. The van der Waals surface area contributed by atoms with Gasteiger partial charge in [0.05, 0.1) is 6.10 Å². The summed E-state index contributed by atoms with van der Waals surface area (Å²) in [6, 6.07) is 6.03. The van der Waals surface area contributed by atoms with Crippen molar-refractivity contribution in [3.63, 3.8) is 0 Å². The van der Waals surface area contributed by atoms with Gasteiger partial charge in [-0.1, -0.05) is 31.3 Å². The third-order valence-electron chi connectivity index (χ3n) is 3.68. The van der Waals surface area contributed by atoms with Crippen molar-refractivity contribution in [2.75, 3.05) is 18.0 Å². The normalized spacial score (nSPS) is 24.1. The number of aliphatic hydroxyl groups excluding tert-OH is 1. The summed E-state index contributed by atoms with van der Waals surface area (Å²) < 4.78 is 0. The number of rotatable bonds is 2. The molecule has 2 unspecified atom stereocenters. The Morgan fingerprint density at radius 1 is 1.50 bits per heavy atom. The summed E-state index contributed by atoms with van der Waals surface area (Å²) in [5.74, 6) is 0.276. The zero-order valence-corrected chi connectivity index (χ0v) is 11.7. The van der Waals surface area contributed by atoms with Crippen molar-refractivity contribution < 1.29 is 5.11 Å². The Balaban J connectivity index is 2.36. The van der Waals surface area contributed by atoms with E-state index in [4.69, 9.17) is 18.0 Å². The lowest BCUT2D eigenvalue weighted by atomic mass is 9.94. The van der Waals surface area contributed by atoms with Crippen LogP contribution in [0, 0.1) is 12.8 Å². The molecule has 2 atom stereocenters. The lowest BCUT2D eigenvalue weighted by molar-refractivity contribution is 0.0970. The lowest BCUT2D eigenvalue weighted by Crippen LogP contribution is -2.43. The van der Waals surface area contributed by atoms with E-state index in [1.54, 1.807) is 0 Å². The minimum atomic E-state index is -0.196. The van der Waals surface area contributed by atoms with Gasteiger partial charge >= 0.3 is 0 Å². The molecule has 0 radical (unpaired) electrons. The number of hydrogen-bond donors (Lipinski definition) is 2. The van der Waals surface area contributed by atoms with Crippen LogP contribution >= 0.6 is 12.2 Å². The molecule has 98 valence electrons. The van der Waals surface area contributed by atoms with Gasteiger partial charge in [-0.25, -0.2) is 0 Å². The van der Waals surface area contributed by atoms with Crippen LogP contribution < -0.4 is 10.6 Å². The van der Waals surface area contributed by atoms with Crippen LogP contribution in [0.15, 0.2) is 18.2 Å². The molecule has 4 heteroatoms. The van der Waals surface area contributed by atoms with Crippen LogP contribution in [0.4, 0.5) is 5.69 Å². The minimum absolute atomic E-state index is 0.196. The molecule has 1 saturated heterocycles. The molecule has 0 bridgehead atoms. The summed E-state index contributed by atoms with van der Waals surface area (Å²) in [4.78, 5) is 2.73. The van der Waals surface area contributed by atoms with Gasteiger partial charge in [0.1, 0.15) is 4.99 Å². The number of anilines is 1. The van der Waals surface area contributed by atoms with Gasteiger partial charge in [0.15, 0.2) is 0 Å².